The van der Waals surface area contributed by atoms with Gasteiger partial charge in [-0.1, -0.05) is 6.07 Å². The van der Waals surface area contributed by atoms with Crippen molar-refractivity contribution in [1.29, 1.82) is 0 Å². The van der Waals surface area contributed by atoms with Crippen molar-refractivity contribution in [3.8, 4) is 33.9 Å². The molecule has 0 spiro atoms. The lowest BCUT2D eigenvalue weighted by Gasteiger charge is -2.04. The van der Waals surface area contributed by atoms with Gasteiger partial charge in [0, 0.05) is 5.56 Å². The fraction of sp³-hybridized carbons (Fsp3) is 0.133. The van der Waals surface area contributed by atoms with Gasteiger partial charge < -0.3 is 19.6 Å². The number of anilines is 1. The maximum absolute atomic E-state index is 6.02. The number of nitrogen functional groups attached to an aromatic ring is 1. The van der Waals surface area contributed by atoms with Crippen LogP contribution in [0.5, 0.6) is 11.5 Å². The zero-order chi connectivity index (χ0) is 14.4. The van der Waals surface area contributed by atoms with Gasteiger partial charge in [0.05, 0.1) is 11.3 Å². The van der Waals surface area contributed by atoms with Crippen LogP contribution in [0.2, 0.25) is 0 Å². The van der Waals surface area contributed by atoms with Crippen LogP contribution in [0.4, 0.5) is 5.82 Å². The van der Waals surface area contributed by atoms with E-state index in [1.165, 1.54) is 0 Å². The van der Waals surface area contributed by atoms with Crippen molar-refractivity contribution in [2.75, 3.05) is 12.5 Å². The number of rotatable bonds is 2. The topological polar surface area (TPSA) is 86.3 Å². The van der Waals surface area contributed by atoms with E-state index in [1.54, 1.807) is 6.26 Å². The van der Waals surface area contributed by atoms with E-state index in [9.17, 15) is 0 Å². The lowest BCUT2D eigenvalue weighted by atomic mass is 10.0. The summed E-state index contributed by atoms with van der Waals surface area (Å²) in [6.45, 7) is 2.14. The number of aryl methyl sites for hydroxylation is 1. The normalized spacial score (nSPS) is 12.8. The number of H-pyrrole nitrogens is 1. The number of nitrogens with one attached hydrogen (secondary N) is 1. The summed E-state index contributed by atoms with van der Waals surface area (Å²) in [5.74, 6) is 2.71. The smallest absolute Gasteiger partial charge is 0.231 e. The molecule has 6 heteroatoms. The molecular formula is C15H13N3O3. The first kappa shape index (κ1) is 11.9. The average Bonchev–Trinajstić information content (AvgIpc) is 3.17. The number of aromatic nitrogens is 2. The number of fused-ring (bicyclic) bond motifs is 1. The molecule has 0 unspecified atom stereocenters. The molecule has 0 atom stereocenters. The van der Waals surface area contributed by atoms with E-state index < -0.39 is 0 Å². The Balaban J connectivity index is 1.87. The molecule has 0 amide bonds. The summed E-state index contributed by atoms with van der Waals surface area (Å²) in [5, 5.41) is 7.07. The van der Waals surface area contributed by atoms with Gasteiger partial charge in [0.15, 0.2) is 17.3 Å². The number of furan rings is 1. The van der Waals surface area contributed by atoms with Crippen LogP contribution in [0.3, 0.4) is 0 Å². The summed E-state index contributed by atoms with van der Waals surface area (Å²) >= 11 is 0. The lowest BCUT2D eigenvalue weighted by molar-refractivity contribution is 0.174. The monoisotopic (exact) mass is 283 g/mol. The van der Waals surface area contributed by atoms with E-state index in [0.29, 0.717) is 11.6 Å². The lowest BCUT2D eigenvalue weighted by Crippen LogP contribution is -1.93. The maximum atomic E-state index is 6.02. The second-order valence-corrected chi connectivity index (χ2v) is 4.87. The highest BCUT2D eigenvalue weighted by Crippen LogP contribution is 2.40. The Hall–Kier alpha value is -2.89. The van der Waals surface area contributed by atoms with Gasteiger partial charge in [0.1, 0.15) is 12.0 Å². The van der Waals surface area contributed by atoms with Crippen LogP contribution in [0.25, 0.3) is 22.4 Å². The number of hydrogen-bond acceptors (Lipinski definition) is 5. The Bertz CT molecular complexity index is 819. The van der Waals surface area contributed by atoms with Crippen LogP contribution >= 0.6 is 0 Å². The molecule has 106 valence electrons. The molecule has 0 saturated heterocycles. The number of nitrogens with two attached hydrogens (primary N) is 1. The Morgan fingerprint density at radius 2 is 2.00 bits per heavy atom. The average molecular weight is 283 g/mol. The molecule has 0 radical (unpaired) electrons. The van der Waals surface area contributed by atoms with Crippen LogP contribution in [-0.4, -0.2) is 17.0 Å². The third-order valence-electron chi connectivity index (χ3n) is 3.47. The molecule has 0 fully saturated rings. The minimum atomic E-state index is 0.243. The first-order valence-electron chi connectivity index (χ1n) is 6.52. The van der Waals surface area contributed by atoms with Crippen molar-refractivity contribution < 1.29 is 13.9 Å². The maximum Gasteiger partial charge on any atom is 0.231 e. The highest BCUT2D eigenvalue weighted by molar-refractivity contribution is 5.88. The van der Waals surface area contributed by atoms with Gasteiger partial charge in [-0.05, 0) is 30.7 Å². The molecule has 0 saturated carbocycles. The van der Waals surface area contributed by atoms with Crippen LogP contribution < -0.4 is 15.2 Å². The summed E-state index contributed by atoms with van der Waals surface area (Å²) in [6.07, 6.45) is 1.68. The molecule has 3 aromatic rings. The van der Waals surface area contributed by atoms with Gasteiger partial charge in [-0.2, -0.15) is 5.10 Å². The highest BCUT2D eigenvalue weighted by atomic mass is 16.7. The molecule has 1 aliphatic heterocycles. The molecule has 1 aromatic carbocycles. The summed E-state index contributed by atoms with van der Waals surface area (Å²) < 4.78 is 16.1. The highest BCUT2D eigenvalue weighted by Gasteiger charge is 2.20. The molecular weight excluding hydrogens is 270 g/mol. The summed E-state index contributed by atoms with van der Waals surface area (Å²) in [5.41, 5.74) is 9.49. The Morgan fingerprint density at radius 3 is 2.81 bits per heavy atom. The predicted molar refractivity (Wildman–Crippen MR) is 77.0 cm³/mol. The molecule has 3 N–H and O–H groups in total. The van der Waals surface area contributed by atoms with Gasteiger partial charge in [0.25, 0.3) is 0 Å². The molecule has 1 aliphatic rings. The molecule has 6 nitrogen and oxygen atoms in total. The van der Waals surface area contributed by atoms with Gasteiger partial charge >= 0.3 is 0 Å². The summed E-state index contributed by atoms with van der Waals surface area (Å²) in [4.78, 5) is 0. The number of nitrogens with zero attached hydrogens (tertiary/aromatic N) is 1. The summed E-state index contributed by atoms with van der Waals surface area (Å²) in [7, 11) is 0. The minimum Gasteiger partial charge on any atom is -0.469 e. The third-order valence-corrected chi connectivity index (χ3v) is 3.47. The fourth-order valence-electron chi connectivity index (χ4n) is 2.48. The Labute approximate surface area is 120 Å². The van der Waals surface area contributed by atoms with Gasteiger partial charge in [-0.3, -0.25) is 5.10 Å². The summed E-state index contributed by atoms with van der Waals surface area (Å²) in [6, 6.07) is 7.64. The Kier molecular flexibility index (Phi) is 2.44. The molecule has 2 aromatic heterocycles. The van der Waals surface area contributed by atoms with E-state index in [2.05, 4.69) is 10.2 Å². The fourth-order valence-corrected chi connectivity index (χ4v) is 2.48. The number of ether oxygens (including phenoxy) is 2. The van der Waals surface area contributed by atoms with Crippen molar-refractivity contribution in [2.24, 2.45) is 0 Å². The minimum absolute atomic E-state index is 0.243. The zero-order valence-electron chi connectivity index (χ0n) is 11.3. The van der Waals surface area contributed by atoms with Gasteiger partial charge in [0.2, 0.25) is 6.79 Å². The number of hydrogen-bond donors (Lipinski definition) is 2. The molecule has 0 aliphatic carbocycles. The van der Waals surface area contributed by atoms with E-state index in [-0.39, 0.29) is 6.79 Å². The van der Waals surface area contributed by atoms with E-state index >= 15 is 0 Å². The van der Waals surface area contributed by atoms with Crippen molar-refractivity contribution >= 4 is 5.82 Å². The van der Waals surface area contributed by atoms with Crippen molar-refractivity contribution in [3.63, 3.8) is 0 Å². The number of benzene rings is 1. The molecule has 21 heavy (non-hydrogen) atoms. The second kappa shape index (κ2) is 4.31. The largest absolute Gasteiger partial charge is 0.469 e. The van der Waals surface area contributed by atoms with Gasteiger partial charge in [-0.15, -0.1) is 0 Å². The van der Waals surface area contributed by atoms with Crippen molar-refractivity contribution in [2.45, 2.75) is 6.92 Å². The third kappa shape index (κ3) is 1.84. The predicted octanol–water partition coefficient (Wildman–Crippen LogP) is 2.96. The van der Waals surface area contributed by atoms with Crippen LogP contribution in [0.15, 0.2) is 34.9 Å². The van der Waals surface area contributed by atoms with E-state index in [0.717, 1.165) is 33.9 Å². The van der Waals surface area contributed by atoms with Crippen LogP contribution in [0, 0.1) is 6.92 Å². The Morgan fingerprint density at radius 1 is 1.14 bits per heavy atom. The van der Waals surface area contributed by atoms with E-state index in [4.69, 9.17) is 19.6 Å². The standard InChI is InChI=1S/C15H13N3O3/c1-8-4-10(6-19-8)14-13(15(16)18-17-14)9-2-3-11-12(5-9)21-7-20-11/h2-6H,7H2,1H3,(H3,16,17,18). The molecule has 3 heterocycles. The van der Waals surface area contributed by atoms with Crippen molar-refractivity contribution in [1.82, 2.24) is 10.2 Å². The first-order chi connectivity index (χ1) is 10.2. The molecule has 0 bridgehead atoms. The molecule has 4 rings (SSSR count). The van der Waals surface area contributed by atoms with Crippen LogP contribution in [-0.2, 0) is 0 Å². The quantitative estimate of drug-likeness (QED) is 0.755. The number of aromatic amines is 1. The first-order valence-corrected chi connectivity index (χ1v) is 6.52. The zero-order valence-corrected chi connectivity index (χ0v) is 11.3. The SMILES string of the molecule is Cc1cc(-c2[nH]nc(N)c2-c2ccc3c(c2)OCO3)co1. The van der Waals surface area contributed by atoms with Gasteiger partial charge in [-0.25, -0.2) is 0 Å². The van der Waals surface area contributed by atoms with E-state index in [1.807, 2.05) is 31.2 Å². The van der Waals surface area contributed by atoms with Crippen molar-refractivity contribution in [3.05, 3.63) is 36.3 Å². The van der Waals surface area contributed by atoms with Crippen LogP contribution in [0.1, 0.15) is 5.76 Å². The second-order valence-electron chi connectivity index (χ2n) is 4.87.